The van der Waals surface area contributed by atoms with Crippen LogP contribution < -0.4 is 4.90 Å². The molecule has 0 saturated carbocycles. The zero-order chi connectivity index (χ0) is 21.8. The maximum absolute atomic E-state index is 13.5. The summed E-state index contributed by atoms with van der Waals surface area (Å²) in [4.78, 5) is 2.24. The van der Waals surface area contributed by atoms with E-state index in [9.17, 15) is 8.42 Å². The van der Waals surface area contributed by atoms with Gasteiger partial charge >= 0.3 is 0 Å². The highest BCUT2D eigenvalue weighted by Crippen LogP contribution is 2.24. The van der Waals surface area contributed by atoms with Gasteiger partial charge in [-0.2, -0.15) is 4.31 Å². The normalized spacial score (nSPS) is 16.7. The van der Waals surface area contributed by atoms with E-state index in [-0.39, 0.29) is 17.5 Å². The van der Waals surface area contributed by atoms with Crippen molar-refractivity contribution in [3.63, 3.8) is 0 Å². The van der Waals surface area contributed by atoms with E-state index < -0.39 is 10.0 Å². The molecular weight excluding hydrogens is 416 g/mol. The molecule has 0 amide bonds. The van der Waals surface area contributed by atoms with Crippen LogP contribution in [-0.2, 0) is 21.3 Å². The zero-order valence-corrected chi connectivity index (χ0v) is 18.4. The van der Waals surface area contributed by atoms with Crippen molar-refractivity contribution in [1.82, 2.24) is 24.5 Å². The van der Waals surface area contributed by atoms with Gasteiger partial charge in [0.15, 0.2) is 0 Å². The van der Waals surface area contributed by atoms with Gasteiger partial charge in [0, 0.05) is 39.5 Å². The second kappa shape index (κ2) is 9.13. The van der Waals surface area contributed by atoms with Gasteiger partial charge in [-0.25, -0.2) is 13.1 Å². The fourth-order valence-electron chi connectivity index (χ4n) is 3.57. The molecule has 1 aliphatic rings. The van der Waals surface area contributed by atoms with Crippen molar-refractivity contribution in [3.05, 3.63) is 60.4 Å². The Morgan fingerprint density at radius 3 is 2.42 bits per heavy atom. The number of tetrazole rings is 1. The first-order valence-electron chi connectivity index (χ1n) is 10.1. The lowest BCUT2D eigenvalue weighted by Gasteiger charge is -2.25. The largest absolute Gasteiger partial charge is 0.378 e. The first kappa shape index (κ1) is 21.4. The number of benzene rings is 2. The van der Waals surface area contributed by atoms with Crippen molar-refractivity contribution in [3.8, 4) is 5.69 Å². The summed E-state index contributed by atoms with van der Waals surface area (Å²) in [6, 6.07) is 14.5. The van der Waals surface area contributed by atoms with Crippen molar-refractivity contribution in [2.75, 3.05) is 32.1 Å². The number of hydrogen-bond acceptors (Lipinski definition) is 7. The zero-order valence-electron chi connectivity index (χ0n) is 17.6. The van der Waals surface area contributed by atoms with E-state index >= 15 is 0 Å². The molecule has 0 spiro atoms. The number of aromatic nitrogens is 4. The van der Waals surface area contributed by atoms with Crippen LogP contribution in [0.5, 0.6) is 0 Å². The van der Waals surface area contributed by atoms with Gasteiger partial charge in [0.05, 0.1) is 16.7 Å². The summed E-state index contributed by atoms with van der Waals surface area (Å²) in [7, 11) is 0.232. The molecule has 2 heterocycles. The molecule has 1 aromatic heterocycles. The van der Waals surface area contributed by atoms with E-state index in [0.29, 0.717) is 18.8 Å². The minimum atomic E-state index is -3.72. The molecule has 0 radical (unpaired) electrons. The highest BCUT2D eigenvalue weighted by atomic mass is 32.2. The molecule has 1 atom stereocenters. The Labute approximate surface area is 182 Å². The highest BCUT2D eigenvalue weighted by Gasteiger charge is 2.29. The van der Waals surface area contributed by atoms with Crippen LogP contribution in [0.2, 0.25) is 0 Å². The second-order valence-electron chi connectivity index (χ2n) is 7.74. The van der Waals surface area contributed by atoms with E-state index in [0.717, 1.165) is 24.1 Å². The smallest absolute Gasteiger partial charge is 0.243 e. The summed E-state index contributed by atoms with van der Waals surface area (Å²) in [6.45, 7) is 1.29. The van der Waals surface area contributed by atoms with Crippen LogP contribution in [0.3, 0.4) is 0 Å². The molecule has 3 aromatic rings. The van der Waals surface area contributed by atoms with E-state index in [1.54, 1.807) is 24.3 Å². The third-order valence-electron chi connectivity index (χ3n) is 5.33. The Kier molecular flexibility index (Phi) is 6.30. The first-order valence-corrected chi connectivity index (χ1v) is 11.6. The molecule has 1 saturated heterocycles. The van der Waals surface area contributed by atoms with Crippen LogP contribution in [0.1, 0.15) is 18.4 Å². The van der Waals surface area contributed by atoms with Gasteiger partial charge in [-0.1, -0.05) is 12.1 Å². The van der Waals surface area contributed by atoms with Gasteiger partial charge in [0.25, 0.3) is 0 Å². The van der Waals surface area contributed by atoms with Crippen LogP contribution in [-0.4, -0.2) is 66.3 Å². The maximum Gasteiger partial charge on any atom is 0.243 e. The maximum atomic E-state index is 13.5. The number of nitrogens with zero attached hydrogens (tertiary/aromatic N) is 6. The minimum Gasteiger partial charge on any atom is -0.378 e. The van der Waals surface area contributed by atoms with E-state index in [1.165, 1.54) is 15.3 Å². The predicted molar refractivity (Wildman–Crippen MR) is 116 cm³/mol. The molecule has 0 bridgehead atoms. The fraction of sp³-hybridized carbons (Fsp3) is 0.381. The monoisotopic (exact) mass is 442 g/mol. The number of ether oxygens (including phenoxy) is 1. The summed E-state index contributed by atoms with van der Waals surface area (Å²) in [5.41, 5.74) is 2.68. The van der Waals surface area contributed by atoms with Gasteiger partial charge in [-0.15, -0.1) is 5.10 Å². The van der Waals surface area contributed by atoms with Crippen molar-refractivity contribution in [2.24, 2.45) is 0 Å². The van der Waals surface area contributed by atoms with E-state index in [2.05, 4.69) is 15.5 Å². The highest BCUT2D eigenvalue weighted by molar-refractivity contribution is 7.89. The Bertz CT molecular complexity index is 1080. The van der Waals surface area contributed by atoms with Gasteiger partial charge < -0.3 is 9.64 Å². The number of anilines is 1. The van der Waals surface area contributed by atoms with Gasteiger partial charge in [-0.05, 0) is 65.2 Å². The lowest BCUT2D eigenvalue weighted by Crippen LogP contribution is -2.37. The average molecular weight is 443 g/mol. The molecular formula is C21H26N6O3S. The second-order valence-corrected chi connectivity index (χ2v) is 9.68. The van der Waals surface area contributed by atoms with Crippen molar-refractivity contribution in [1.29, 1.82) is 0 Å². The Morgan fingerprint density at radius 1 is 1.10 bits per heavy atom. The molecule has 1 fully saturated rings. The molecule has 9 nitrogen and oxygen atoms in total. The quantitative estimate of drug-likeness (QED) is 0.527. The average Bonchev–Trinajstić information content (AvgIpc) is 3.48. The van der Waals surface area contributed by atoms with Crippen LogP contribution in [0.15, 0.2) is 59.8 Å². The summed E-state index contributed by atoms with van der Waals surface area (Å²) >= 11 is 0. The number of rotatable bonds is 8. The fourth-order valence-corrected chi connectivity index (χ4v) is 5.03. The Morgan fingerprint density at radius 2 is 1.84 bits per heavy atom. The summed E-state index contributed by atoms with van der Waals surface area (Å²) in [6.07, 6.45) is 3.20. The standard InChI is InChI=1S/C21H26N6O3S/c1-25(2)18-7-5-17(6-8-18)14-26(15-20-4-3-13-30-20)31(28,29)21-11-9-19(10-12-21)27-16-22-23-24-27/h5-12,16,20H,3-4,13-15H2,1-2H3/t20-/m1/s1. The molecule has 0 unspecified atom stereocenters. The minimum absolute atomic E-state index is 0.0867. The summed E-state index contributed by atoms with van der Waals surface area (Å²) in [5, 5.41) is 11.0. The molecule has 2 aromatic carbocycles. The molecule has 1 aliphatic heterocycles. The number of sulfonamides is 1. The van der Waals surface area contributed by atoms with Crippen molar-refractivity contribution in [2.45, 2.75) is 30.4 Å². The van der Waals surface area contributed by atoms with Crippen molar-refractivity contribution < 1.29 is 13.2 Å². The first-order chi connectivity index (χ1) is 14.9. The molecule has 0 aliphatic carbocycles. The molecule has 10 heteroatoms. The van der Waals surface area contributed by atoms with Gasteiger partial charge in [0.2, 0.25) is 10.0 Å². The third-order valence-corrected chi connectivity index (χ3v) is 7.16. The lowest BCUT2D eigenvalue weighted by molar-refractivity contribution is 0.0926. The van der Waals surface area contributed by atoms with Gasteiger partial charge in [0.1, 0.15) is 6.33 Å². The van der Waals surface area contributed by atoms with E-state index in [1.807, 2.05) is 43.3 Å². The summed E-state index contributed by atoms with van der Waals surface area (Å²) in [5.74, 6) is 0. The SMILES string of the molecule is CN(C)c1ccc(CN(C[C@H]2CCCO2)S(=O)(=O)c2ccc(-n3cnnn3)cc2)cc1. The predicted octanol–water partition coefficient (Wildman–Crippen LogP) is 2.10. The third kappa shape index (κ3) is 4.92. The van der Waals surface area contributed by atoms with Crippen LogP contribution >= 0.6 is 0 Å². The Hall–Kier alpha value is -2.82. The topological polar surface area (TPSA) is 93.5 Å². The van der Waals surface area contributed by atoms with Crippen molar-refractivity contribution >= 4 is 15.7 Å². The molecule has 164 valence electrons. The van der Waals surface area contributed by atoms with Crippen LogP contribution in [0, 0.1) is 0 Å². The number of hydrogen-bond donors (Lipinski definition) is 0. The van der Waals surface area contributed by atoms with Crippen LogP contribution in [0.4, 0.5) is 5.69 Å². The molecule has 4 rings (SSSR count). The van der Waals surface area contributed by atoms with Gasteiger partial charge in [-0.3, -0.25) is 0 Å². The summed E-state index contributed by atoms with van der Waals surface area (Å²) < 4.78 is 35.8. The lowest BCUT2D eigenvalue weighted by atomic mass is 10.2. The van der Waals surface area contributed by atoms with E-state index in [4.69, 9.17) is 4.74 Å². The molecule has 0 N–H and O–H groups in total. The molecule has 31 heavy (non-hydrogen) atoms. The Balaban J connectivity index is 1.59. The van der Waals surface area contributed by atoms with Crippen LogP contribution in [0.25, 0.3) is 5.69 Å².